The van der Waals surface area contributed by atoms with Crippen LogP contribution in [0.3, 0.4) is 0 Å². The van der Waals surface area contributed by atoms with E-state index in [9.17, 15) is 4.79 Å². The molecule has 9 nitrogen and oxygen atoms in total. The molecule has 200 valence electrons. The van der Waals surface area contributed by atoms with Gasteiger partial charge in [0, 0.05) is 80.4 Å². The number of rotatable bonds is 6. The molecule has 2 fully saturated rings. The number of benzene rings is 2. The molecule has 0 bridgehead atoms. The second-order valence-electron chi connectivity index (χ2n) is 10.3. The van der Waals surface area contributed by atoms with Gasteiger partial charge >= 0.3 is 0 Å². The maximum absolute atomic E-state index is 12.7. The first-order chi connectivity index (χ1) is 19.1. The van der Waals surface area contributed by atoms with E-state index in [4.69, 9.17) is 0 Å². The minimum atomic E-state index is 0.0701. The van der Waals surface area contributed by atoms with Gasteiger partial charge in [0.15, 0.2) is 0 Å². The third-order valence-corrected chi connectivity index (χ3v) is 7.74. The zero-order valence-corrected chi connectivity index (χ0v) is 22.3. The molecule has 2 aliphatic rings. The summed E-state index contributed by atoms with van der Waals surface area (Å²) in [5.74, 6) is 1.51. The number of aromatic nitrogens is 4. The molecule has 0 spiro atoms. The molecule has 0 radical (unpaired) electrons. The van der Waals surface area contributed by atoms with E-state index in [2.05, 4.69) is 47.6 Å². The van der Waals surface area contributed by atoms with Gasteiger partial charge in [-0.3, -0.25) is 4.79 Å². The fraction of sp³-hybridized carbons (Fsp3) is 0.367. The summed E-state index contributed by atoms with van der Waals surface area (Å²) < 4.78 is 0. The van der Waals surface area contributed by atoms with E-state index in [1.165, 1.54) is 0 Å². The number of para-hydroxylation sites is 1. The Hall–Kier alpha value is -4.11. The van der Waals surface area contributed by atoms with E-state index in [-0.39, 0.29) is 11.9 Å². The lowest BCUT2D eigenvalue weighted by atomic mass is 9.89. The second-order valence-corrected chi connectivity index (χ2v) is 10.3. The molecule has 0 atom stereocenters. The van der Waals surface area contributed by atoms with Crippen molar-refractivity contribution in [1.29, 1.82) is 0 Å². The summed E-state index contributed by atoms with van der Waals surface area (Å²) in [5.41, 5.74) is 3.88. The summed E-state index contributed by atoms with van der Waals surface area (Å²) in [4.78, 5) is 35.2. The number of carbonyl (C=O) groups excluding carboxylic acids is 1. The Morgan fingerprint density at radius 2 is 1.62 bits per heavy atom. The average Bonchev–Trinajstić information content (AvgIpc) is 2.99. The Morgan fingerprint density at radius 3 is 2.33 bits per heavy atom. The summed E-state index contributed by atoms with van der Waals surface area (Å²) in [6.45, 7) is 5.41. The molecule has 39 heavy (non-hydrogen) atoms. The largest absolute Gasteiger partial charge is 0.351 e. The molecule has 0 unspecified atom stereocenters. The predicted octanol–water partition coefficient (Wildman–Crippen LogP) is 4.27. The number of nitrogens with one attached hydrogen (secondary N) is 2. The SMILES string of the molecule is CC(=O)N(c1ccc(-c2cnc(N3CCNCC3)nc2)cc1)C1CCC(Nc2ncc3ccccc3n2)CC1. The molecule has 1 aliphatic carbocycles. The number of carbonyl (C=O) groups is 1. The van der Waals surface area contributed by atoms with Gasteiger partial charge in [0.2, 0.25) is 17.8 Å². The van der Waals surface area contributed by atoms with Crippen LogP contribution in [0.5, 0.6) is 0 Å². The summed E-state index contributed by atoms with van der Waals surface area (Å²) >= 11 is 0. The van der Waals surface area contributed by atoms with E-state index in [0.29, 0.717) is 12.0 Å². The Labute approximate surface area is 228 Å². The van der Waals surface area contributed by atoms with Gasteiger partial charge in [-0.15, -0.1) is 0 Å². The third kappa shape index (κ3) is 5.68. The van der Waals surface area contributed by atoms with Gasteiger partial charge in [-0.2, -0.15) is 0 Å². The van der Waals surface area contributed by atoms with E-state index in [0.717, 1.165) is 85.5 Å². The van der Waals surface area contributed by atoms with Crippen LogP contribution in [0.2, 0.25) is 0 Å². The molecule has 9 heteroatoms. The standard InChI is InChI=1S/C30H34N8O/c1-21(39)38(27-12-8-25(9-13-27)35-29-32-18-23-4-2-3-5-28(23)36-29)26-10-6-22(7-11-26)24-19-33-30(34-20-24)37-16-14-31-15-17-37/h2-7,10-11,18-20,25,27,31H,8-9,12-17H2,1H3,(H,32,35,36). The van der Waals surface area contributed by atoms with Crippen LogP contribution < -0.4 is 20.4 Å². The van der Waals surface area contributed by atoms with Crippen molar-refractivity contribution in [2.75, 3.05) is 41.3 Å². The quantitative estimate of drug-likeness (QED) is 0.387. The molecule has 2 aromatic heterocycles. The molecule has 2 aromatic carbocycles. The lowest BCUT2D eigenvalue weighted by molar-refractivity contribution is -0.117. The van der Waals surface area contributed by atoms with Crippen LogP contribution >= 0.6 is 0 Å². The molecule has 2 N–H and O–H groups in total. The molecular formula is C30H34N8O. The Bertz CT molecular complexity index is 1410. The van der Waals surface area contributed by atoms with Crippen molar-refractivity contribution in [3.63, 3.8) is 0 Å². The van der Waals surface area contributed by atoms with Crippen LogP contribution in [0.25, 0.3) is 22.0 Å². The van der Waals surface area contributed by atoms with Crippen molar-refractivity contribution >= 4 is 34.4 Å². The summed E-state index contributed by atoms with van der Waals surface area (Å²) in [6.07, 6.45) is 9.40. The first-order valence-electron chi connectivity index (χ1n) is 13.8. The molecule has 3 heterocycles. The van der Waals surface area contributed by atoms with Crippen LogP contribution in [-0.2, 0) is 4.79 Å². The number of hydrogen-bond donors (Lipinski definition) is 2. The van der Waals surface area contributed by atoms with E-state index >= 15 is 0 Å². The normalized spacial score (nSPS) is 19.6. The Morgan fingerprint density at radius 1 is 0.897 bits per heavy atom. The Kier molecular flexibility index (Phi) is 7.31. The molecule has 1 aliphatic heterocycles. The fourth-order valence-electron chi connectivity index (χ4n) is 5.67. The maximum Gasteiger partial charge on any atom is 0.225 e. The van der Waals surface area contributed by atoms with Gasteiger partial charge in [0.1, 0.15) is 0 Å². The minimum absolute atomic E-state index is 0.0701. The van der Waals surface area contributed by atoms with Gasteiger partial charge in [0.05, 0.1) is 5.52 Å². The monoisotopic (exact) mass is 522 g/mol. The first-order valence-corrected chi connectivity index (χ1v) is 13.8. The molecule has 6 rings (SSSR count). The number of hydrogen-bond acceptors (Lipinski definition) is 8. The molecule has 1 amide bonds. The van der Waals surface area contributed by atoms with E-state index in [1.54, 1.807) is 6.92 Å². The van der Waals surface area contributed by atoms with Crippen LogP contribution in [0, 0.1) is 0 Å². The van der Waals surface area contributed by atoms with Crippen molar-refractivity contribution in [2.24, 2.45) is 0 Å². The highest BCUT2D eigenvalue weighted by molar-refractivity contribution is 5.92. The Balaban J connectivity index is 1.09. The molecular weight excluding hydrogens is 488 g/mol. The third-order valence-electron chi connectivity index (χ3n) is 7.74. The van der Waals surface area contributed by atoms with Crippen molar-refractivity contribution in [1.82, 2.24) is 25.3 Å². The molecule has 1 saturated carbocycles. The fourth-order valence-corrected chi connectivity index (χ4v) is 5.67. The summed E-state index contributed by atoms with van der Waals surface area (Å²) in [6, 6.07) is 16.7. The second kappa shape index (κ2) is 11.3. The van der Waals surface area contributed by atoms with Gasteiger partial charge in [-0.1, -0.05) is 30.3 Å². The van der Waals surface area contributed by atoms with Gasteiger partial charge in [-0.05, 0) is 49.4 Å². The lowest BCUT2D eigenvalue weighted by Gasteiger charge is -2.36. The highest BCUT2D eigenvalue weighted by atomic mass is 16.2. The van der Waals surface area contributed by atoms with Crippen LogP contribution in [-0.4, -0.2) is 64.1 Å². The zero-order chi connectivity index (χ0) is 26.6. The number of amides is 1. The van der Waals surface area contributed by atoms with Crippen LogP contribution in [0.4, 0.5) is 17.6 Å². The molecule has 4 aromatic rings. The minimum Gasteiger partial charge on any atom is -0.351 e. The first kappa shape index (κ1) is 25.2. The topological polar surface area (TPSA) is 99.2 Å². The van der Waals surface area contributed by atoms with Gasteiger partial charge in [-0.25, -0.2) is 19.9 Å². The van der Waals surface area contributed by atoms with Crippen molar-refractivity contribution in [2.45, 2.75) is 44.7 Å². The van der Waals surface area contributed by atoms with Crippen LogP contribution in [0.1, 0.15) is 32.6 Å². The number of piperazine rings is 1. The van der Waals surface area contributed by atoms with Crippen molar-refractivity contribution in [3.05, 3.63) is 67.1 Å². The maximum atomic E-state index is 12.7. The van der Waals surface area contributed by atoms with Gasteiger partial charge < -0.3 is 20.4 Å². The van der Waals surface area contributed by atoms with Crippen molar-refractivity contribution < 1.29 is 4.79 Å². The lowest BCUT2D eigenvalue weighted by Crippen LogP contribution is -2.44. The highest BCUT2D eigenvalue weighted by Gasteiger charge is 2.29. The van der Waals surface area contributed by atoms with E-state index in [1.807, 2.05) is 59.9 Å². The number of anilines is 3. The number of fused-ring (bicyclic) bond motifs is 1. The summed E-state index contributed by atoms with van der Waals surface area (Å²) in [5, 5.41) is 7.90. The zero-order valence-electron chi connectivity index (χ0n) is 22.3. The smallest absolute Gasteiger partial charge is 0.225 e. The number of nitrogens with zero attached hydrogens (tertiary/aromatic N) is 6. The van der Waals surface area contributed by atoms with Crippen LogP contribution in [0.15, 0.2) is 67.1 Å². The predicted molar refractivity (Wildman–Crippen MR) is 155 cm³/mol. The van der Waals surface area contributed by atoms with E-state index < -0.39 is 0 Å². The highest BCUT2D eigenvalue weighted by Crippen LogP contribution is 2.31. The summed E-state index contributed by atoms with van der Waals surface area (Å²) in [7, 11) is 0. The average molecular weight is 523 g/mol. The van der Waals surface area contributed by atoms with Crippen molar-refractivity contribution in [3.8, 4) is 11.1 Å². The molecule has 1 saturated heterocycles. The van der Waals surface area contributed by atoms with Gasteiger partial charge in [0.25, 0.3) is 0 Å².